The van der Waals surface area contributed by atoms with Crippen LogP contribution in [0.4, 0.5) is 0 Å². The molecule has 164 valence electrons. The fourth-order valence-corrected chi connectivity index (χ4v) is 4.33. The number of carbonyl (C=O) groups is 2. The standard InChI is InChI=1S/C25H21Cl2NO4/c26-19-11-9-17(10-12-19)23-24(18-7-4-8-20(27)13-18)32-21(14-22(29)30)25(31)28(23)15-16-5-2-1-3-6-16/h1-13,21,23-24H,14-15H2,(H,29,30)/t21-,23+,24-/m1/s1. The first-order valence-electron chi connectivity index (χ1n) is 10.1. The molecule has 5 nitrogen and oxygen atoms in total. The number of carboxylic acid groups (broad SMARTS) is 1. The number of nitrogens with zero attached hydrogens (tertiary/aromatic N) is 1. The quantitative estimate of drug-likeness (QED) is 0.504. The van der Waals surface area contributed by atoms with E-state index in [1.807, 2.05) is 54.6 Å². The molecule has 1 saturated heterocycles. The van der Waals surface area contributed by atoms with E-state index in [0.29, 0.717) is 16.6 Å². The Hall–Kier alpha value is -2.86. The Kier molecular flexibility index (Phi) is 6.80. The Morgan fingerprint density at radius 2 is 1.62 bits per heavy atom. The van der Waals surface area contributed by atoms with Crippen molar-refractivity contribution in [1.82, 2.24) is 4.90 Å². The normalized spacial score (nSPS) is 20.9. The predicted octanol–water partition coefficient (Wildman–Crippen LogP) is 5.68. The average Bonchev–Trinajstić information content (AvgIpc) is 2.77. The maximum absolute atomic E-state index is 13.4. The number of aliphatic carboxylic acids is 1. The summed E-state index contributed by atoms with van der Waals surface area (Å²) in [5.74, 6) is -1.47. The molecule has 1 aliphatic heterocycles. The van der Waals surface area contributed by atoms with Gasteiger partial charge in [0.25, 0.3) is 5.91 Å². The van der Waals surface area contributed by atoms with Crippen LogP contribution in [0.2, 0.25) is 10.0 Å². The number of halogens is 2. The summed E-state index contributed by atoms with van der Waals surface area (Å²) in [5, 5.41) is 10.5. The zero-order valence-corrected chi connectivity index (χ0v) is 18.5. The lowest BCUT2D eigenvalue weighted by molar-refractivity contribution is -0.180. The smallest absolute Gasteiger partial charge is 0.306 e. The van der Waals surface area contributed by atoms with Gasteiger partial charge >= 0.3 is 5.97 Å². The molecule has 4 rings (SSSR count). The number of rotatable bonds is 6. The second-order valence-corrected chi connectivity index (χ2v) is 8.52. The average molecular weight is 470 g/mol. The summed E-state index contributed by atoms with van der Waals surface area (Å²) >= 11 is 12.4. The van der Waals surface area contributed by atoms with Crippen LogP contribution in [-0.4, -0.2) is 28.0 Å². The lowest BCUT2D eigenvalue weighted by atomic mass is 9.90. The molecule has 3 aromatic rings. The van der Waals surface area contributed by atoms with E-state index >= 15 is 0 Å². The maximum Gasteiger partial charge on any atom is 0.306 e. The molecular weight excluding hydrogens is 449 g/mol. The molecule has 1 heterocycles. The Labute approximate surface area is 196 Å². The van der Waals surface area contributed by atoms with E-state index in [0.717, 1.165) is 16.7 Å². The summed E-state index contributed by atoms with van der Waals surface area (Å²) in [6.45, 7) is 0.309. The molecule has 7 heteroatoms. The summed E-state index contributed by atoms with van der Waals surface area (Å²) in [7, 11) is 0. The van der Waals surface area contributed by atoms with Gasteiger partial charge in [-0.25, -0.2) is 0 Å². The number of ether oxygens (including phenoxy) is 1. The fraction of sp³-hybridized carbons (Fsp3) is 0.200. The van der Waals surface area contributed by atoms with E-state index in [1.54, 1.807) is 29.2 Å². The first kappa shape index (κ1) is 22.3. The number of benzene rings is 3. The van der Waals surface area contributed by atoms with Crippen LogP contribution in [0.25, 0.3) is 0 Å². The highest BCUT2D eigenvalue weighted by atomic mass is 35.5. The van der Waals surface area contributed by atoms with Gasteiger partial charge in [-0.2, -0.15) is 0 Å². The lowest BCUT2D eigenvalue weighted by Crippen LogP contribution is -2.51. The molecule has 0 unspecified atom stereocenters. The largest absolute Gasteiger partial charge is 0.481 e. The van der Waals surface area contributed by atoms with E-state index in [-0.39, 0.29) is 5.91 Å². The van der Waals surface area contributed by atoms with E-state index in [1.165, 1.54) is 0 Å². The molecule has 0 aliphatic carbocycles. The molecule has 1 fully saturated rings. The van der Waals surface area contributed by atoms with E-state index in [2.05, 4.69) is 0 Å². The van der Waals surface area contributed by atoms with Crippen LogP contribution in [0.15, 0.2) is 78.9 Å². The van der Waals surface area contributed by atoms with Crippen molar-refractivity contribution >= 4 is 35.1 Å². The molecule has 1 N–H and O–H groups in total. The van der Waals surface area contributed by atoms with Gasteiger partial charge in [-0.1, -0.05) is 77.8 Å². The molecule has 0 radical (unpaired) electrons. The highest BCUT2D eigenvalue weighted by Crippen LogP contribution is 2.43. The van der Waals surface area contributed by atoms with Gasteiger partial charge < -0.3 is 14.7 Å². The van der Waals surface area contributed by atoms with Crippen LogP contribution in [0, 0.1) is 0 Å². The minimum atomic E-state index is -1.11. The van der Waals surface area contributed by atoms with Gasteiger partial charge in [-0.05, 0) is 41.0 Å². The Morgan fingerprint density at radius 3 is 2.28 bits per heavy atom. The third-order valence-electron chi connectivity index (χ3n) is 5.44. The Balaban J connectivity index is 1.83. The Morgan fingerprint density at radius 1 is 0.906 bits per heavy atom. The molecule has 3 atom stereocenters. The van der Waals surface area contributed by atoms with Crippen molar-refractivity contribution in [2.45, 2.75) is 31.2 Å². The third-order valence-corrected chi connectivity index (χ3v) is 5.92. The minimum Gasteiger partial charge on any atom is -0.481 e. The van der Waals surface area contributed by atoms with E-state index in [9.17, 15) is 14.7 Å². The van der Waals surface area contributed by atoms with Crippen molar-refractivity contribution in [3.05, 3.63) is 106 Å². The SMILES string of the molecule is O=C(O)C[C@H]1O[C@H](c2cccc(Cl)c2)[C@H](c2ccc(Cl)cc2)N(Cc2ccccc2)C1=O. The van der Waals surface area contributed by atoms with Gasteiger partial charge in [0.05, 0.1) is 12.5 Å². The first-order chi connectivity index (χ1) is 15.4. The minimum absolute atomic E-state index is 0.309. The molecular formula is C25H21Cl2NO4. The molecule has 1 amide bonds. The second-order valence-electron chi connectivity index (χ2n) is 7.65. The fourth-order valence-electron chi connectivity index (χ4n) is 4.00. The van der Waals surface area contributed by atoms with E-state index in [4.69, 9.17) is 27.9 Å². The van der Waals surface area contributed by atoms with Gasteiger partial charge in [0.2, 0.25) is 0 Å². The zero-order chi connectivity index (χ0) is 22.7. The van der Waals surface area contributed by atoms with Crippen molar-refractivity contribution in [3.8, 4) is 0 Å². The molecule has 0 bridgehead atoms. The van der Waals surface area contributed by atoms with Crippen LogP contribution >= 0.6 is 23.2 Å². The number of morpholine rings is 1. The first-order valence-corrected chi connectivity index (χ1v) is 10.9. The van der Waals surface area contributed by atoms with Crippen LogP contribution in [0.3, 0.4) is 0 Å². The maximum atomic E-state index is 13.4. The monoisotopic (exact) mass is 469 g/mol. The number of hydrogen-bond donors (Lipinski definition) is 1. The van der Waals surface area contributed by atoms with Gasteiger partial charge in [-0.3, -0.25) is 9.59 Å². The summed E-state index contributed by atoms with van der Waals surface area (Å²) in [6, 6.07) is 23.5. The van der Waals surface area contributed by atoms with Crippen molar-refractivity contribution in [2.24, 2.45) is 0 Å². The van der Waals surface area contributed by atoms with Gasteiger partial charge in [0.15, 0.2) is 0 Å². The molecule has 32 heavy (non-hydrogen) atoms. The summed E-state index contributed by atoms with van der Waals surface area (Å²) in [6.07, 6.45) is -2.14. The van der Waals surface area contributed by atoms with Crippen molar-refractivity contribution in [1.29, 1.82) is 0 Å². The topological polar surface area (TPSA) is 66.8 Å². The number of hydrogen-bond acceptors (Lipinski definition) is 3. The summed E-state index contributed by atoms with van der Waals surface area (Å²) in [5.41, 5.74) is 2.52. The van der Waals surface area contributed by atoms with Crippen LogP contribution in [-0.2, 0) is 20.9 Å². The predicted molar refractivity (Wildman–Crippen MR) is 123 cm³/mol. The van der Waals surface area contributed by atoms with Crippen LogP contribution in [0.1, 0.15) is 35.3 Å². The van der Waals surface area contributed by atoms with Crippen LogP contribution in [0.5, 0.6) is 0 Å². The zero-order valence-electron chi connectivity index (χ0n) is 17.0. The van der Waals surface area contributed by atoms with Gasteiger partial charge in [0, 0.05) is 16.6 Å². The highest BCUT2D eigenvalue weighted by Gasteiger charge is 2.44. The number of carbonyl (C=O) groups excluding carboxylic acids is 1. The van der Waals surface area contributed by atoms with Gasteiger partial charge in [0.1, 0.15) is 12.2 Å². The summed E-state index contributed by atoms with van der Waals surface area (Å²) in [4.78, 5) is 26.6. The number of amides is 1. The van der Waals surface area contributed by atoms with Gasteiger partial charge in [-0.15, -0.1) is 0 Å². The molecule has 1 aliphatic rings. The third kappa shape index (κ3) is 4.96. The van der Waals surface area contributed by atoms with E-state index < -0.39 is 30.6 Å². The molecule has 3 aromatic carbocycles. The van der Waals surface area contributed by atoms with Crippen molar-refractivity contribution < 1.29 is 19.4 Å². The molecule has 0 aromatic heterocycles. The van der Waals surface area contributed by atoms with Crippen LogP contribution < -0.4 is 0 Å². The molecule has 0 spiro atoms. The lowest BCUT2D eigenvalue weighted by Gasteiger charge is -2.44. The summed E-state index contributed by atoms with van der Waals surface area (Å²) < 4.78 is 6.15. The second kappa shape index (κ2) is 9.74. The van der Waals surface area contributed by atoms with Crippen molar-refractivity contribution in [2.75, 3.05) is 0 Å². The van der Waals surface area contributed by atoms with Crippen molar-refractivity contribution in [3.63, 3.8) is 0 Å². The number of carboxylic acids is 1. The highest BCUT2D eigenvalue weighted by molar-refractivity contribution is 6.30. The Bertz CT molecular complexity index is 1100. The molecule has 0 saturated carbocycles.